The van der Waals surface area contributed by atoms with Gasteiger partial charge in [-0.05, 0) is 54.8 Å². The smallest absolute Gasteiger partial charge is 0.337 e. The Balaban J connectivity index is 1.44. The Labute approximate surface area is 191 Å². The summed E-state index contributed by atoms with van der Waals surface area (Å²) < 4.78 is 12.5. The van der Waals surface area contributed by atoms with Crippen LogP contribution in [0.1, 0.15) is 61.4 Å². The highest BCUT2D eigenvalue weighted by atomic mass is 16.5. The minimum atomic E-state index is -0.645. The number of carbonyl (C=O) groups excluding carboxylic acids is 1. The van der Waals surface area contributed by atoms with E-state index in [1.807, 2.05) is 35.0 Å². The largest absolute Gasteiger partial charge is 0.491 e. The van der Waals surface area contributed by atoms with Crippen molar-refractivity contribution in [3.63, 3.8) is 0 Å². The van der Waals surface area contributed by atoms with Crippen molar-refractivity contribution in [3.8, 4) is 5.75 Å². The van der Waals surface area contributed by atoms with Crippen LogP contribution in [0.3, 0.4) is 0 Å². The Morgan fingerprint density at radius 1 is 1.00 bits per heavy atom. The predicted molar refractivity (Wildman–Crippen MR) is 128 cm³/mol. The van der Waals surface area contributed by atoms with Gasteiger partial charge < -0.3 is 19.1 Å². The van der Waals surface area contributed by atoms with Gasteiger partial charge in [-0.2, -0.15) is 0 Å². The molecule has 0 aliphatic carbocycles. The first-order chi connectivity index (χ1) is 15.6. The van der Waals surface area contributed by atoms with Gasteiger partial charge >= 0.3 is 5.97 Å². The number of carbonyl (C=O) groups is 1. The molecule has 0 saturated carbocycles. The summed E-state index contributed by atoms with van der Waals surface area (Å²) in [5, 5.41) is 11.4. The lowest BCUT2D eigenvalue weighted by atomic mass is 10.0. The average Bonchev–Trinajstić information content (AvgIpc) is 3.22. The molecule has 0 bridgehead atoms. The Morgan fingerprint density at radius 3 is 2.50 bits per heavy atom. The van der Waals surface area contributed by atoms with Gasteiger partial charge in [0.15, 0.2) is 0 Å². The van der Waals surface area contributed by atoms with E-state index in [1.54, 1.807) is 12.1 Å². The first kappa shape index (κ1) is 23.9. The number of aromatic nitrogens is 1. The van der Waals surface area contributed by atoms with Crippen molar-refractivity contribution >= 4 is 16.9 Å². The van der Waals surface area contributed by atoms with E-state index < -0.39 is 6.10 Å². The van der Waals surface area contributed by atoms with Crippen LogP contribution in [0.15, 0.2) is 54.7 Å². The molecule has 0 fully saturated rings. The zero-order valence-electron chi connectivity index (χ0n) is 19.3. The molecule has 3 rings (SSSR count). The Bertz CT molecular complexity index is 977. The van der Waals surface area contributed by atoms with Crippen LogP contribution < -0.4 is 4.74 Å². The fourth-order valence-corrected chi connectivity index (χ4v) is 3.94. The highest BCUT2D eigenvalue weighted by Crippen LogP contribution is 2.20. The van der Waals surface area contributed by atoms with Gasteiger partial charge in [-0.25, -0.2) is 4.79 Å². The number of methoxy groups -OCH3 is 1. The molecule has 1 heterocycles. The Hall–Kier alpha value is -2.79. The number of aliphatic hydroxyl groups is 1. The molecule has 172 valence electrons. The van der Waals surface area contributed by atoms with E-state index in [9.17, 15) is 9.90 Å². The van der Waals surface area contributed by atoms with Gasteiger partial charge in [-0.15, -0.1) is 0 Å². The first-order valence-corrected chi connectivity index (χ1v) is 11.7. The summed E-state index contributed by atoms with van der Waals surface area (Å²) >= 11 is 0. The number of aliphatic hydroxyl groups excluding tert-OH is 1. The van der Waals surface area contributed by atoms with Crippen LogP contribution in [-0.2, 0) is 17.7 Å². The number of nitrogens with zero attached hydrogens (tertiary/aromatic N) is 1. The minimum absolute atomic E-state index is 0.219. The van der Waals surface area contributed by atoms with Crippen LogP contribution in [0.5, 0.6) is 5.75 Å². The van der Waals surface area contributed by atoms with Crippen LogP contribution in [0, 0.1) is 0 Å². The lowest BCUT2D eigenvalue weighted by Gasteiger charge is -2.14. The molecule has 0 radical (unpaired) electrons. The van der Waals surface area contributed by atoms with E-state index in [-0.39, 0.29) is 12.6 Å². The van der Waals surface area contributed by atoms with E-state index in [0.717, 1.165) is 23.1 Å². The van der Waals surface area contributed by atoms with Crippen LogP contribution in [0.2, 0.25) is 0 Å². The van der Waals surface area contributed by atoms with Crippen molar-refractivity contribution in [3.05, 3.63) is 65.9 Å². The maximum atomic E-state index is 11.7. The molecule has 1 aromatic heterocycles. The van der Waals surface area contributed by atoms with Gasteiger partial charge in [0.1, 0.15) is 18.5 Å². The molecule has 3 aromatic rings. The molecule has 1 unspecified atom stereocenters. The Kier molecular flexibility index (Phi) is 9.17. The number of benzene rings is 2. The van der Waals surface area contributed by atoms with E-state index >= 15 is 0 Å². The standard InChI is InChI=1S/C27H35NO4/c1-3-4-5-6-7-8-9-21-10-13-25(14-11-21)32-20-24(29)19-28-17-16-22-18-23(27(30)31-2)12-15-26(22)28/h10-18,24,29H,3-9,19-20H2,1-2H3. The Morgan fingerprint density at radius 2 is 1.75 bits per heavy atom. The normalized spacial score (nSPS) is 12.1. The van der Waals surface area contributed by atoms with Crippen molar-refractivity contribution in [2.75, 3.05) is 13.7 Å². The van der Waals surface area contributed by atoms with Crippen LogP contribution in [0.4, 0.5) is 0 Å². The summed E-state index contributed by atoms with van der Waals surface area (Å²) in [4.78, 5) is 11.7. The molecule has 1 N–H and O–H groups in total. The van der Waals surface area contributed by atoms with E-state index in [1.165, 1.54) is 51.2 Å². The highest BCUT2D eigenvalue weighted by Gasteiger charge is 2.11. The molecule has 0 saturated heterocycles. The predicted octanol–water partition coefficient (Wildman–Crippen LogP) is 5.77. The second-order valence-electron chi connectivity index (χ2n) is 8.36. The van der Waals surface area contributed by atoms with E-state index in [2.05, 4.69) is 19.1 Å². The quantitative estimate of drug-likeness (QED) is 0.272. The molecular formula is C27H35NO4. The molecule has 0 aliphatic heterocycles. The van der Waals surface area contributed by atoms with Crippen molar-refractivity contribution < 1.29 is 19.4 Å². The number of hydrogen-bond acceptors (Lipinski definition) is 4. The number of rotatable bonds is 13. The minimum Gasteiger partial charge on any atom is -0.491 e. The fraction of sp³-hybridized carbons (Fsp3) is 0.444. The second kappa shape index (κ2) is 12.3. The number of unbranched alkanes of at least 4 members (excludes halogenated alkanes) is 5. The number of aryl methyl sites for hydroxylation is 1. The van der Waals surface area contributed by atoms with E-state index in [4.69, 9.17) is 9.47 Å². The third-order valence-corrected chi connectivity index (χ3v) is 5.78. The number of ether oxygens (including phenoxy) is 2. The maximum absolute atomic E-state index is 11.7. The summed E-state index contributed by atoms with van der Waals surface area (Å²) in [5.74, 6) is 0.418. The van der Waals surface area contributed by atoms with Gasteiger partial charge in [0, 0.05) is 17.1 Å². The molecule has 0 aliphatic rings. The van der Waals surface area contributed by atoms with Crippen LogP contribution in [-0.4, -0.2) is 35.5 Å². The van der Waals surface area contributed by atoms with Gasteiger partial charge in [-0.3, -0.25) is 0 Å². The summed E-state index contributed by atoms with van der Waals surface area (Å²) in [6, 6.07) is 15.5. The molecular weight excluding hydrogens is 402 g/mol. The summed E-state index contributed by atoms with van der Waals surface area (Å²) in [6.45, 7) is 2.88. The molecule has 2 aromatic carbocycles. The SMILES string of the molecule is CCCCCCCCc1ccc(OCC(O)Cn2ccc3cc(C(=O)OC)ccc32)cc1. The van der Waals surface area contributed by atoms with Gasteiger partial charge in [0.05, 0.1) is 19.2 Å². The monoisotopic (exact) mass is 437 g/mol. The third-order valence-electron chi connectivity index (χ3n) is 5.78. The molecule has 0 amide bonds. The summed E-state index contributed by atoms with van der Waals surface area (Å²) in [7, 11) is 1.37. The summed E-state index contributed by atoms with van der Waals surface area (Å²) in [6.07, 6.45) is 10.2. The lowest BCUT2D eigenvalue weighted by molar-refractivity contribution is 0.0601. The zero-order valence-corrected chi connectivity index (χ0v) is 19.3. The highest BCUT2D eigenvalue weighted by molar-refractivity contribution is 5.94. The first-order valence-electron chi connectivity index (χ1n) is 11.7. The van der Waals surface area contributed by atoms with Crippen LogP contribution >= 0.6 is 0 Å². The van der Waals surface area contributed by atoms with Crippen molar-refractivity contribution in [1.82, 2.24) is 4.57 Å². The molecule has 32 heavy (non-hydrogen) atoms. The number of fused-ring (bicyclic) bond motifs is 1. The average molecular weight is 438 g/mol. The molecule has 5 heteroatoms. The van der Waals surface area contributed by atoms with Gasteiger partial charge in [0.25, 0.3) is 0 Å². The van der Waals surface area contributed by atoms with Gasteiger partial charge in [-0.1, -0.05) is 51.2 Å². The number of esters is 1. The number of hydrogen-bond donors (Lipinski definition) is 1. The van der Waals surface area contributed by atoms with Gasteiger partial charge in [0.2, 0.25) is 0 Å². The lowest BCUT2D eigenvalue weighted by Crippen LogP contribution is -2.23. The van der Waals surface area contributed by atoms with Crippen LogP contribution in [0.25, 0.3) is 10.9 Å². The maximum Gasteiger partial charge on any atom is 0.337 e. The van der Waals surface area contributed by atoms with E-state index in [0.29, 0.717) is 12.1 Å². The molecule has 5 nitrogen and oxygen atoms in total. The molecule has 1 atom stereocenters. The van der Waals surface area contributed by atoms with Crippen molar-refractivity contribution in [2.24, 2.45) is 0 Å². The van der Waals surface area contributed by atoms with Crippen molar-refractivity contribution in [1.29, 1.82) is 0 Å². The second-order valence-corrected chi connectivity index (χ2v) is 8.36. The topological polar surface area (TPSA) is 60.7 Å². The molecule has 0 spiro atoms. The summed E-state index contributed by atoms with van der Waals surface area (Å²) in [5.41, 5.74) is 2.80. The fourth-order valence-electron chi connectivity index (χ4n) is 3.94. The zero-order chi connectivity index (χ0) is 22.8. The van der Waals surface area contributed by atoms with Crippen molar-refractivity contribution in [2.45, 2.75) is 64.5 Å². The third kappa shape index (κ3) is 6.86.